The molecule has 2 rings (SSSR count). The van der Waals surface area contributed by atoms with E-state index < -0.39 is 0 Å². The zero-order valence-electron chi connectivity index (χ0n) is 10.7. The van der Waals surface area contributed by atoms with E-state index in [4.69, 9.17) is 4.74 Å². The van der Waals surface area contributed by atoms with Gasteiger partial charge < -0.3 is 9.64 Å². The minimum atomic E-state index is 0.609. The molecular formula is C12H19BrN4O. The van der Waals surface area contributed by atoms with Gasteiger partial charge in [0, 0.05) is 38.1 Å². The van der Waals surface area contributed by atoms with Gasteiger partial charge in [-0.2, -0.15) is 4.98 Å². The number of alkyl halides is 1. The minimum absolute atomic E-state index is 0.609. The lowest BCUT2D eigenvalue weighted by atomic mass is 10.3. The number of anilines is 1. The Balaban J connectivity index is 1.94. The monoisotopic (exact) mass is 314 g/mol. The average molecular weight is 315 g/mol. The van der Waals surface area contributed by atoms with E-state index in [-0.39, 0.29) is 0 Å². The summed E-state index contributed by atoms with van der Waals surface area (Å²) < 4.78 is 5.38. The van der Waals surface area contributed by atoms with Crippen LogP contribution >= 0.6 is 15.9 Å². The number of hydrogen-bond acceptors (Lipinski definition) is 5. The molecule has 0 atom stereocenters. The number of rotatable bonds is 5. The Morgan fingerprint density at radius 2 is 2.06 bits per heavy atom. The molecule has 0 saturated carbocycles. The third-order valence-corrected chi connectivity index (χ3v) is 3.34. The second-order valence-corrected chi connectivity index (χ2v) is 4.96. The van der Waals surface area contributed by atoms with Crippen molar-refractivity contribution in [3.8, 4) is 5.88 Å². The van der Waals surface area contributed by atoms with Gasteiger partial charge in [0.15, 0.2) is 5.82 Å². The van der Waals surface area contributed by atoms with Crippen LogP contribution in [0, 0.1) is 0 Å². The van der Waals surface area contributed by atoms with Gasteiger partial charge in [0.2, 0.25) is 5.88 Å². The van der Waals surface area contributed by atoms with Crippen LogP contribution in [0.4, 0.5) is 5.82 Å². The van der Waals surface area contributed by atoms with Gasteiger partial charge in [0.1, 0.15) is 0 Å². The first-order valence-corrected chi connectivity index (χ1v) is 7.43. The standard InChI is InChI=1S/C12H19BrN4O/c1-2-18-12-10-14-9-11(15-12)17-7-5-16(4-3-13)6-8-17/h9-10H,2-8H2,1H3. The molecule has 1 saturated heterocycles. The lowest BCUT2D eigenvalue weighted by Gasteiger charge is -2.34. The van der Waals surface area contributed by atoms with Crippen LogP contribution in [0.2, 0.25) is 0 Å². The summed E-state index contributed by atoms with van der Waals surface area (Å²) in [6.45, 7) is 7.83. The molecule has 1 aromatic rings. The molecule has 0 unspecified atom stereocenters. The van der Waals surface area contributed by atoms with Crippen molar-refractivity contribution in [2.45, 2.75) is 6.92 Å². The van der Waals surface area contributed by atoms with Crippen LogP contribution in [0.15, 0.2) is 12.4 Å². The van der Waals surface area contributed by atoms with Crippen LogP contribution in [0.25, 0.3) is 0 Å². The van der Waals surface area contributed by atoms with Crippen LogP contribution < -0.4 is 9.64 Å². The van der Waals surface area contributed by atoms with Crippen molar-refractivity contribution in [3.05, 3.63) is 12.4 Å². The molecule has 1 aliphatic heterocycles. The van der Waals surface area contributed by atoms with Crippen LogP contribution in [-0.4, -0.2) is 59.5 Å². The Kier molecular flexibility index (Phi) is 5.19. The molecule has 0 amide bonds. The van der Waals surface area contributed by atoms with E-state index in [1.165, 1.54) is 0 Å². The van der Waals surface area contributed by atoms with E-state index in [9.17, 15) is 0 Å². The van der Waals surface area contributed by atoms with Crippen molar-refractivity contribution in [1.29, 1.82) is 0 Å². The maximum atomic E-state index is 5.38. The summed E-state index contributed by atoms with van der Waals surface area (Å²) >= 11 is 3.48. The number of piperazine rings is 1. The number of hydrogen-bond donors (Lipinski definition) is 0. The van der Waals surface area contributed by atoms with Crippen LogP contribution in [0.1, 0.15) is 6.92 Å². The summed E-state index contributed by atoms with van der Waals surface area (Å²) in [5, 5.41) is 1.03. The Labute approximate surface area is 116 Å². The summed E-state index contributed by atoms with van der Waals surface area (Å²) in [6.07, 6.45) is 3.47. The Hall–Kier alpha value is -0.880. The maximum Gasteiger partial charge on any atom is 0.234 e. The van der Waals surface area contributed by atoms with Crippen molar-refractivity contribution in [2.24, 2.45) is 0 Å². The SMILES string of the molecule is CCOc1cncc(N2CCN(CCBr)CC2)n1. The van der Waals surface area contributed by atoms with E-state index in [2.05, 4.69) is 35.7 Å². The number of aromatic nitrogens is 2. The van der Waals surface area contributed by atoms with Gasteiger partial charge in [0.25, 0.3) is 0 Å². The Bertz CT molecular complexity index is 369. The fourth-order valence-corrected chi connectivity index (χ4v) is 2.53. The zero-order chi connectivity index (χ0) is 12.8. The summed E-state index contributed by atoms with van der Waals surface area (Å²) in [4.78, 5) is 13.4. The van der Waals surface area contributed by atoms with Crippen molar-refractivity contribution >= 4 is 21.7 Å². The van der Waals surface area contributed by atoms with Gasteiger partial charge in [-0.25, -0.2) is 0 Å². The molecule has 0 spiro atoms. The van der Waals surface area contributed by atoms with Crippen LogP contribution in [0.5, 0.6) is 5.88 Å². The molecule has 0 N–H and O–H groups in total. The highest BCUT2D eigenvalue weighted by Crippen LogP contribution is 2.15. The van der Waals surface area contributed by atoms with E-state index in [0.717, 1.165) is 43.9 Å². The number of ether oxygens (including phenoxy) is 1. The number of nitrogens with zero attached hydrogens (tertiary/aromatic N) is 4. The first kappa shape index (κ1) is 13.5. The molecule has 0 aliphatic carbocycles. The van der Waals surface area contributed by atoms with Gasteiger partial charge in [-0.3, -0.25) is 9.88 Å². The van der Waals surface area contributed by atoms with Crippen molar-refractivity contribution in [3.63, 3.8) is 0 Å². The van der Waals surface area contributed by atoms with Crippen LogP contribution in [0.3, 0.4) is 0 Å². The zero-order valence-corrected chi connectivity index (χ0v) is 12.3. The predicted molar refractivity (Wildman–Crippen MR) is 75.6 cm³/mol. The van der Waals surface area contributed by atoms with Crippen molar-refractivity contribution < 1.29 is 4.74 Å². The average Bonchev–Trinajstić information content (AvgIpc) is 2.41. The summed E-state index contributed by atoms with van der Waals surface area (Å²) in [5.41, 5.74) is 0. The normalized spacial score (nSPS) is 16.9. The van der Waals surface area contributed by atoms with E-state index in [1.54, 1.807) is 6.20 Å². The maximum absolute atomic E-state index is 5.38. The molecule has 2 heterocycles. The Morgan fingerprint density at radius 3 is 2.72 bits per heavy atom. The van der Waals surface area contributed by atoms with Crippen molar-refractivity contribution in [1.82, 2.24) is 14.9 Å². The van der Waals surface area contributed by atoms with Gasteiger partial charge >= 0.3 is 0 Å². The molecule has 5 nitrogen and oxygen atoms in total. The lowest BCUT2D eigenvalue weighted by Crippen LogP contribution is -2.47. The summed E-state index contributed by atoms with van der Waals surface area (Å²) in [6, 6.07) is 0. The van der Waals surface area contributed by atoms with Gasteiger partial charge in [0.05, 0.1) is 19.0 Å². The van der Waals surface area contributed by atoms with E-state index in [0.29, 0.717) is 12.5 Å². The first-order valence-electron chi connectivity index (χ1n) is 6.31. The lowest BCUT2D eigenvalue weighted by molar-refractivity contribution is 0.272. The second kappa shape index (κ2) is 6.89. The third-order valence-electron chi connectivity index (χ3n) is 2.99. The molecule has 6 heteroatoms. The van der Waals surface area contributed by atoms with Crippen LogP contribution in [-0.2, 0) is 0 Å². The molecule has 1 aromatic heterocycles. The molecule has 1 aliphatic rings. The predicted octanol–water partition coefficient (Wildman–Crippen LogP) is 1.39. The molecular weight excluding hydrogens is 296 g/mol. The molecule has 0 aromatic carbocycles. The molecule has 18 heavy (non-hydrogen) atoms. The first-order chi connectivity index (χ1) is 8.83. The Morgan fingerprint density at radius 1 is 1.28 bits per heavy atom. The van der Waals surface area contributed by atoms with Gasteiger partial charge in [-0.15, -0.1) is 0 Å². The number of halogens is 1. The fraction of sp³-hybridized carbons (Fsp3) is 0.667. The smallest absolute Gasteiger partial charge is 0.234 e. The summed E-state index contributed by atoms with van der Waals surface area (Å²) in [5.74, 6) is 1.53. The summed E-state index contributed by atoms with van der Waals surface area (Å²) in [7, 11) is 0. The van der Waals surface area contributed by atoms with E-state index >= 15 is 0 Å². The van der Waals surface area contributed by atoms with Gasteiger partial charge in [-0.05, 0) is 6.92 Å². The topological polar surface area (TPSA) is 41.5 Å². The highest BCUT2D eigenvalue weighted by atomic mass is 79.9. The second-order valence-electron chi connectivity index (χ2n) is 4.17. The molecule has 1 fully saturated rings. The van der Waals surface area contributed by atoms with Gasteiger partial charge in [-0.1, -0.05) is 15.9 Å². The third kappa shape index (κ3) is 3.55. The highest BCUT2D eigenvalue weighted by Gasteiger charge is 2.17. The quantitative estimate of drug-likeness (QED) is 0.768. The molecule has 0 bridgehead atoms. The largest absolute Gasteiger partial charge is 0.477 e. The molecule has 100 valence electrons. The fourth-order valence-electron chi connectivity index (χ4n) is 2.03. The van der Waals surface area contributed by atoms with E-state index in [1.807, 2.05) is 13.1 Å². The van der Waals surface area contributed by atoms with Crippen molar-refractivity contribution in [2.75, 3.05) is 49.6 Å². The molecule has 0 radical (unpaired) electrons. The highest BCUT2D eigenvalue weighted by molar-refractivity contribution is 9.09. The minimum Gasteiger partial charge on any atom is -0.477 e.